The molecule has 0 saturated carbocycles. The molecule has 0 heterocycles. The van der Waals surface area contributed by atoms with E-state index in [0.717, 1.165) is 5.75 Å². The Bertz CT molecular complexity index is 494. The number of aliphatic hydroxyl groups excluding tert-OH is 1. The van der Waals surface area contributed by atoms with E-state index in [-0.39, 0.29) is 17.4 Å². The van der Waals surface area contributed by atoms with E-state index in [2.05, 4.69) is 32.1 Å². The molecule has 0 bridgehead atoms. The summed E-state index contributed by atoms with van der Waals surface area (Å²) in [7, 11) is 1.68. The van der Waals surface area contributed by atoms with Crippen LogP contribution in [0.25, 0.3) is 0 Å². The number of allylic oxidation sites excluding steroid dienone is 2. The summed E-state index contributed by atoms with van der Waals surface area (Å²) in [6.45, 7) is 6.45. The minimum absolute atomic E-state index is 0.0723. The topological polar surface area (TPSA) is 29.5 Å². The SMILES string of the molecule is COc1ccc(C(C)(C)C2=CC(C)C(O)C=C2)cc1. The van der Waals surface area contributed by atoms with Crippen LogP contribution in [-0.4, -0.2) is 18.3 Å². The summed E-state index contributed by atoms with van der Waals surface area (Å²) in [5.74, 6) is 1.04. The van der Waals surface area contributed by atoms with Crippen molar-refractivity contribution in [2.24, 2.45) is 5.92 Å². The Morgan fingerprint density at radius 2 is 1.79 bits per heavy atom. The largest absolute Gasteiger partial charge is 0.497 e. The first kappa shape index (κ1) is 13.9. The van der Waals surface area contributed by atoms with Crippen LogP contribution in [0.3, 0.4) is 0 Å². The molecule has 0 fully saturated rings. The summed E-state index contributed by atoms with van der Waals surface area (Å²) in [5, 5.41) is 9.75. The highest BCUT2D eigenvalue weighted by molar-refractivity contribution is 5.43. The zero-order valence-corrected chi connectivity index (χ0v) is 12.1. The molecule has 0 saturated heterocycles. The van der Waals surface area contributed by atoms with Crippen LogP contribution in [0, 0.1) is 5.92 Å². The summed E-state index contributed by atoms with van der Waals surface area (Å²) < 4.78 is 5.20. The quantitative estimate of drug-likeness (QED) is 0.899. The van der Waals surface area contributed by atoms with Crippen LogP contribution in [0.5, 0.6) is 5.75 Å². The molecule has 0 radical (unpaired) electrons. The fourth-order valence-corrected chi connectivity index (χ4v) is 2.41. The second kappa shape index (κ2) is 5.22. The van der Waals surface area contributed by atoms with Gasteiger partial charge in [0.05, 0.1) is 13.2 Å². The first-order valence-corrected chi connectivity index (χ1v) is 6.68. The average Bonchev–Trinajstić information content (AvgIpc) is 2.41. The van der Waals surface area contributed by atoms with E-state index in [1.54, 1.807) is 7.11 Å². The molecule has 2 nitrogen and oxygen atoms in total. The van der Waals surface area contributed by atoms with Crippen molar-refractivity contribution < 1.29 is 9.84 Å². The molecule has 2 rings (SSSR count). The molecule has 2 atom stereocenters. The number of aliphatic hydroxyl groups is 1. The Balaban J connectivity index is 2.31. The molecular formula is C17H22O2. The molecular weight excluding hydrogens is 236 g/mol. The van der Waals surface area contributed by atoms with Gasteiger partial charge in [-0.3, -0.25) is 0 Å². The number of hydrogen-bond acceptors (Lipinski definition) is 2. The van der Waals surface area contributed by atoms with Gasteiger partial charge < -0.3 is 9.84 Å². The van der Waals surface area contributed by atoms with Crippen molar-refractivity contribution >= 4 is 0 Å². The van der Waals surface area contributed by atoms with Crippen molar-refractivity contribution in [1.82, 2.24) is 0 Å². The molecule has 0 aliphatic heterocycles. The fourth-order valence-electron chi connectivity index (χ4n) is 2.41. The predicted octanol–water partition coefficient (Wildman–Crippen LogP) is 3.47. The van der Waals surface area contributed by atoms with Crippen molar-refractivity contribution in [1.29, 1.82) is 0 Å². The fraction of sp³-hybridized carbons (Fsp3) is 0.412. The van der Waals surface area contributed by atoms with Crippen molar-refractivity contribution in [3.63, 3.8) is 0 Å². The highest BCUT2D eigenvalue weighted by Gasteiger charge is 2.27. The molecule has 1 N–H and O–H groups in total. The van der Waals surface area contributed by atoms with Gasteiger partial charge in [-0.25, -0.2) is 0 Å². The Labute approximate surface area is 115 Å². The number of rotatable bonds is 3. The van der Waals surface area contributed by atoms with Crippen LogP contribution in [0.4, 0.5) is 0 Å². The Morgan fingerprint density at radius 1 is 1.16 bits per heavy atom. The zero-order valence-electron chi connectivity index (χ0n) is 12.1. The highest BCUT2D eigenvalue weighted by Crippen LogP contribution is 2.36. The number of ether oxygens (including phenoxy) is 1. The first-order valence-electron chi connectivity index (χ1n) is 6.68. The lowest BCUT2D eigenvalue weighted by molar-refractivity contribution is 0.182. The van der Waals surface area contributed by atoms with Crippen molar-refractivity contribution in [3.8, 4) is 5.75 Å². The van der Waals surface area contributed by atoms with E-state index in [9.17, 15) is 5.11 Å². The second-order valence-corrected chi connectivity index (χ2v) is 5.68. The van der Waals surface area contributed by atoms with Gasteiger partial charge in [-0.15, -0.1) is 0 Å². The molecule has 0 amide bonds. The number of benzene rings is 1. The highest BCUT2D eigenvalue weighted by atomic mass is 16.5. The van der Waals surface area contributed by atoms with Gasteiger partial charge in [0, 0.05) is 11.3 Å². The van der Waals surface area contributed by atoms with Crippen LogP contribution in [0.15, 0.2) is 48.1 Å². The molecule has 1 aliphatic rings. The maximum absolute atomic E-state index is 9.75. The Hall–Kier alpha value is -1.54. The smallest absolute Gasteiger partial charge is 0.118 e. The van der Waals surface area contributed by atoms with E-state index in [1.165, 1.54) is 11.1 Å². The lowest BCUT2D eigenvalue weighted by Gasteiger charge is -2.31. The number of methoxy groups -OCH3 is 1. The van der Waals surface area contributed by atoms with Crippen molar-refractivity contribution in [2.45, 2.75) is 32.3 Å². The third-order valence-corrected chi connectivity index (χ3v) is 3.99. The van der Waals surface area contributed by atoms with Crippen molar-refractivity contribution in [3.05, 3.63) is 53.6 Å². The molecule has 102 valence electrons. The normalized spacial score (nSPS) is 23.1. The molecule has 0 spiro atoms. The third-order valence-electron chi connectivity index (χ3n) is 3.99. The van der Waals surface area contributed by atoms with Crippen LogP contribution in [0.1, 0.15) is 26.3 Å². The molecule has 0 aromatic heterocycles. The van der Waals surface area contributed by atoms with Crippen LogP contribution < -0.4 is 4.74 Å². The molecule has 2 heteroatoms. The van der Waals surface area contributed by atoms with E-state index < -0.39 is 0 Å². The molecule has 19 heavy (non-hydrogen) atoms. The predicted molar refractivity (Wildman–Crippen MR) is 78.4 cm³/mol. The first-order chi connectivity index (χ1) is 8.95. The summed E-state index contributed by atoms with van der Waals surface area (Å²) in [6, 6.07) is 8.18. The van der Waals surface area contributed by atoms with E-state index in [0.29, 0.717) is 0 Å². The Kier molecular flexibility index (Phi) is 3.81. The maximum atomic E-state index is 9.75. The Morgan fingerprint density at radius 3 is 2.32 bits per heavy atom. The standard InChI is InChI=1S/C17H22O2/c1-12-11-14(7-10-16(12)18)17(2,3)13-5-8-15(19-4)9-6-13/h5-12,16,18H,1-4H3. The van der Waals surface area contributed by atoms with Gasteiger partial charge in [0.15, 0.2) is 0 Å². The lowest BCUT2D eigenvalue weighted by atomic mass is 9.74. The van der Waals surface area contributed by atoms with Crippen LogP contribution >= 0.6 is 0 Å². The number of hydrogen-bond donors (Lipinski definition) is 1. The van der Waals surface area contributed by atoms with Gasteiger partial charge in [0.25, 0.3) is 0 Å². The minimum atomic E-state index is -0.365. The summed E-state index contributed by atoms with van der Waals surface area (Å²) in [6.07, 6.45) is 5.71. The monoisotopic (exact) mass is 258 g/mol. The summed E-state index contributed by atoms with van der Waals surface area (Å²) in [4.78, 5) is 0. The van der Waals surface area contributed by atoms with Crippen LogP contribution in [-0.2, 0) is 5.41 Å². The zero-order chi connectivity index (χ0) is 14.0. The van der Waals surface area contributed by atoms with Gasteiger partial charge in [0.2, 0.25) is 0 Å². The van der Waals surface area contributed by atoms with Crippen LogP contribution in [0.2, 0.25) is 0 Å². The van der Waals surface area contributed by atoms with E-state index in [4.69, 9.17) is 4.74 Å². The van der Waals surface area contributed by atoms with Gasteiger partial charge in [-0.2, -0.15) is 0 Å². The molecule has 1 aromatic carbocycles. The maximum Gasteiger partial charge on any atom is 0.118 e. The van der Waals surface area contributed by atoms with E-state index in [1.807, 2.05) is 31.2 Å². The average molecular weight is 258 g/mol. The van der Waals surface area contributed by atoms with Gasteiger partial charge in [0.1, 0.15) is 5.75 Å². The van der Waals surface area contributed by atoms with Gasteiger partial charge in [-0.1, -0.05) is 51.1 Å². The minimum Gasteiger partial charge on any atom is -0.497 e. The summed E-state index contributed by atoms with van der Waals surface area (Å²) >= 11 is 0. The van der Waals surface area contributed by atoms with Gasteiger partial charge >= 0.3 is 0 Å². The molecule has 1 aliphatic carbocycles. The van der Waals surface area contributed by atoms with E-state index >= 15 is 0 Å². The molecule has 1 aromatic rings. The second-order valence-electron chi connectivity index (χ2n) is 5.68. The third kappa shape index (κ3) is 2.74. The van der Waals surface area contributed by atoms with Gasteiger partial charge in [-0.05, 0) is 23.3 Å². The summed E-state index contributed by atoms with van der Waals surface area (Å²) in [5.41, 5.74) is 2.42. The van der Waals surface area contributed by atoms with Crippen molar-refractivity contribution in [2.75, 3.05) is 7.11 Å². The lowest BCUT2D eigenvalue weighted by Crippen LogP contribution is -2.25. The molecule has 2 unspecified atom stereocenters.